The Morgan fingerprint density at radius 3 is 3.00 bits per heavy atom. The van der Waals surface area contributed by atoms with Crippen LogP contribution in [0.4, 0.5) is 0 Å². The molecule has 0 bridgehead atoms. The van der Waals surface area contributed by atoms with Gasteiger partial charge in [0.25, 0.3) is 0 Å². The molecule has 0 radical (unpaired) electrons. The van der Waals surface area contributed by atoms with Crippen LogP contribution in [0.3, 0.4) is 0 Å². The zero-order valence-electron chi connectivity index (χ0n) is 8.61. The van der Waals surface area contributed by atoms with Crippen LogP contribution in [0.1, 0.15) is 24.4 Å². The van der Waals surface area contributed by atoms with Gasteiger partial charge in [-0.05, 0) is 30.5 Å². The number of fused-ring (bicyclic) bond motifs is 1. The van der Waals surface area contributed by atoms with Gasteiger partial charge in [0.2, 0.25) is 6.79 Å². The molecule has 1 aliphatic heterocycles. The molecule has 1 aliphatic rings. The molecule has 3 nitrogen and oxygen atoms in total. The molecular formula is C12H15NO2. The fourth-order valence-corrected chi connectivity index (χ4v) is 1.61. The quantitative estimate of drug-likeness (QED) is 0.767. The van der Waals surface area contributed by atoms with Crippen molar-refractivity contribution in [1.82, 2.24) is 0 Å². The van der Waals surface area contributed by atoms with Gasteiger partial charge < -0.3 is 15.2 Å². The first-order chi connectivity index (χ1) is 7.31. The first-order valence-corrected chi connectivity index (χ1v) is 5.07. The largest absolute Gasteiger partial charge is 0.454 e. The summed E-state index contributed by atoms with van der Waals surface area (Å²) < 4.78 is 10.5. The average molecular weight is 205 g/mol. The molecule has 0 aromatic heterocycles. The fraction of sp³-hybridized carbons (Fsp3) is 0.333. The lowest BCUT2D eigenvalue weighted by molar-refractivity contribution is 0.174. The van der Waals surface area contributed by atoms with Gasteiger partial charge >= 0.3 is 0 Å². The van der Waals surface area contributed by atoms with Crippen LogP contribution in [0.25, 0.3) is 0 Å². The van der Waals surface area contributed by atoms with Crippen LogP contribution in [0.15, 0.2) is 30.9 Å². The molecule has 0 aliphatic carbocycles. The van der Waals surface area contributed by atoms with Gasteiger partial charge in [0.15, 0.2) is 11.5 Å². The Morgan fingerprint density at radius 2 is 2.20 bits per heavy atom. The van der Waals surface area contributed by atoms with E-state index in [0.717, 1.165) is 29.9 Å². The number of rotatable bonds is 4. The van der Waals surface area contributed by atoms with Gasteiger partial charge in [0, 0.05) is 6.04 Å². The van der Waals surface area contributed by atoms with Gasteiger partial charge in [0.05, 0.1) is 0 Å². The number of allylic oxidation sites excluding steroid dienone is 1. The summed E-state index contributed by atoms with van der Waals surface area (Å²) in [6, 6.07) is 5.89. The van der Waals surface area contributed by atoms with Crippen molar-refractivity contribution in [2.24, 2.45) is 5.73 Å². The summed E-state index contributed by atoms with van der Waals surface area (Å²) in [5, 5.41) is 0. The van der Waals surface area contributed by atoms with Crippen LogP contribution in [0, 0.1) is 0 Å². The molecule has 2 N–H and O–H groups in total. The van der Waals surface area contributed by atoms with Crippen LogP contribution < -0.4 is 15.2 Å². The Morgan fingerprint density at radius 1 is 1.40 bits per heavy atom. The summed E-state index contributed by atoms with van der Waals surface area (Å²) >= 11 is 0. The summed E-state index contributed by atoms with van der Waals surface area (Å²) in [7, 11) is 0. The molecule has 0 fully saturated rings. The van der Waals surface area contributed by atoms with Crippen molar-refractivity contribution in [1.29, 1.82) is 0 Å². The molecule has 1 aromatic rings. The van der Waals surface area contributed by atoms with E-state index in [-0.39, 0.29) is 6.04 Å². The zero-order chi connectivity index (χ0) is 10.7. The smallest absolute Gasteiger partial charge is 0.231 e. The van der Waals surface area contributed by atoms with E-state index >= 15 is 0 Å². The van der Waals surface area contributed by atoms with E-state index in [1.165, 1.54) is 0 Å². The summed E-state index contributed by atoms with van der Waals surface area (Å²) in [5.74, 6) is 1.59. The van der Waals surface area contributed by atoms with Crippen molar-refractivity contribution in [3.05, 3.63) is 36.4 Å². The van der Waals surface area contributed by atoms with Crippen molar-refractivity contribution in [2.75, 3.05) is 6.79 Å². The lowest BCUT2D eigenvalue weighted by atomic mass is 10.0. The second-order valence-corrected chi connectivity index (χ2v) is 3.59. The molecule has 80 valence electrons. The number of benzene rings is 1. The van der Waals surface area contributed by atoms with Gasteiger partial charge in [-0.3, -0.25) is 0 Å². The van der Waals surface area contributed by atoms with Crippen LogP contribution in [-0.2, 0) is 0 Å². The lowest BCUT2D eigenvalue weighted by Crippen LogP contribution is -2.09. The predicted molar refractivity (Wildman–Crippen MR) is 58.9 cm³/mol. The highest BCUT2D eigenvalue weighted by atomic mass is 16.7. The second kappa shape index (κ2) is 4.36. The second-order valence-electron chi connectivity index (χ2n) is 3.59. The van der Waals surface area contributed by atoms with Crippen molar-refractivity contribution >= 4 is 0 Å². The van der Waals surface area contributed by atoms with Crippen LogP contribution in [0.2, 0.25) is 0 Å². The number of nitrogens with two attached hydrogens (primary N) is 1. The van der Waals surface area contributed by atoms with E-state index in [2.05, 4.69) is 6.58 Å². The Labute approximate surface area is 89.5 Å². The molecule has 2 rings (SSSR count). The van der Waals surface area contributed by atoms with Crippen LogP contribution >= 0.6 is 0 Å². The topological polar surface area (TPSA) is 44.5 Å². The summed E-state index contributed by atoms with van der Waals surface area (Å²) in [4.78, 5) is 0. The number of hydrogen-bond donors (Lipinski definition) is 1. The third kappa shape index (κ3) is 2.13. The van der Waals surface area contributed by atoms with E-state index in [9.17, 15) is 0 Å². The molecule has 0 saturated carbocycles. The minimum atomic E-state index is 0.0394. The van der Waals surface area contributed by atoms with Crippen molar-refractivity contribution in [3.8, 4) is 11.5 Å². The highest BCUT2D eigenvalue weighted by molar-refractivity contribution is 5.45. The molecule has 15 heavy (non-hydrogen) atoms. The highest BCUT2D eigenvalue weighted by Gasteiger charge is 2.15. The van der Waals surface area contributed by atoms with Crippen LogP contribution in [-0.4, -0.2) is 6.79 Å². The molecule has 3 heteroatoms. The summed E-state index contributed by atoms with van der Waals surface area (Å²) in [5.41, 5.74) is 7.12. The van der Waals surface area contributed by atoms with Crippen molar-refractivity contribution < 1.29 is 9.47 Å². The van der Waals surface area contributed by atoms with Crippen molar-refractivity contribution in [3.63, 3.8) is 0 Å². The summed E-state index contributed by atoms with van der Waals surface area (Å²) in [6.45, 7) is 3.99. The number of hydrogen-bond acceptors (Lipinski definition) is 3. The maximum atomic E-state index is 6.03. The Kier molecular flexibility index (Phi) is 2.92. The Bertz CT molecular complexity index is 363. The molecule has 0 saturated heterocycles. The first-order valence-electron chi connectivity index (χ1n) is 5.07. The Hall–Kier alpha value is -1.48. The zero-order valence-corrected chi connectivity index (χ0v) is 8.61. The summed E-state index contributed by atoms with van der Waals surface area (Å²) in [6.07, 6.45) is 3.71. The first kappa shape index (κ1) is 10.1. The molecular weight excluding hydrogens is 190 g/mol. The SMILES string of the molecule is C=CCC[C@H](N)c1ccc2c(c1)OCO2. The van der Waals surface area contributed by atoms with Gasteiger partial charge in [-0.2, -0.15) is 0 Å². The molecule has 1 atom stereocenters. The molecule has 1 heterocycles. The molecule has 0 spiro atoms. The maximum absolute atomic E-state index is 6.03. The van der Waals surface area contributed by atoms with E-state index in [1.807, 2.05) is 24.3 Å². The molecule has 1 aromatic carbocycles. The van der Waals surface area contributed by atoms with E-state index in [0.29, 0.717) is 6.79 Å². The van der Waals surface area contributed by atoms with E-state index < -0.39 is 0 Å². The standard InChI is InChI=1S/C12H15NO2/c1-2-3-4-10(13)9-5-6-11-12(7-9)15-8-14-11/h2,5-7,10H,1,3-4,8,13H2/t10-/m0/s1. The minimum Gasteiger partial charge on any atom is -0.454 e. The van der Waals surface area contributed by atoms with Gasteiger partial charge in [-0.1, -0.05) is 12.1 Å². The minimum absolute atomic E-state index is 0.0394. The van der Waals surface area contributed by atoms with Crippen molar-refractivity contribution in [2.45, 2.75) is 18.9 Å². The van der Waals surface area contributed by atoms with Gasteiger partial charge in [0.1, 0.15) is 0 Å². The van der Waals surface area contributed by atoms with Crippen LogP contribution in [0.5, 0.6) is 11.5 Å². The molecule has 0 amide bonds. The Balaban J connectivity index is 2.11. The normalized spacial score (nSPS) is 15.0. The average Bonchev–Trinajstić information content (AvgIpc) is 2.72. The predicted octanol–water partition coefficient (Wildman–Crippen LogP) is 2.38. The van der Waals surface area contributed by atoms with E-state index in [4.69, 9.17) is 15.2 Å². The molecule has 0 unspecified atom stereocenters. The third-order valence-electron chi connectivity index (χ3n) is 2.51. The van der Waals surface area contributed by atoms with Gasteiger partial charge in [-0.25, -0.2) is 0 Å². The third-order valence-corrected chi connectivity index (χ3v) is 2.51. The maximum Gasteiger partial charge on any atom is 0.231 e. The van der Waals surface area contributed by atoms with Gasteiger partial charge in [-0.15, -0.1) is 6.58 Å². The number of ether oxygens (including phenoxy) is 2. The fourth-order valence-electron chi connectivity index (χ4n) is 1.61. The monoisotopic (exact) mass is 205 g/mol. The highest BCUT2D eigenvalue weighted by Crippen LogP contribution is 2.34. The van der Waals surface area contributed by atoms with E-state index in [1.54, 1.807) is 0 Å². The lowest BCUT2D eigenvalue weighted by Gasteiger charge is -2.11.